The van der Waals surface area contributed by atoms with E-state index >= 15 is 0 Å². The van der Waals surface area contributed by atoms with Gasteiger partial charge in [-0.25, -0.2) is 4.98 Å². The van der Waals surface area contributed by atoms with Crippen molar-refractivity contribution in [2.45, 2.75) is 39.2 Å². The van der Waals surface area contributed by atoms with Crippen LogP contribution in [0.25, 0.3) is 10.2 Å². The molecule has 1 aliphatic heterocycles. The Morgan fingerprint density at radius 2 is 2.10 bits per heavy atom. The maximum atomic E-state index is 4.71. The molecule has 0 atom stereocenters. The van der Waals surface area contributed by atoms with Crippen molar-refractivity contribution in [3.63, 3.8) is 0 Å². The topological polar surface area (TPSA) is 49.8 Å². The third-order valence-corrected chi connectivity index (χ3v) is 5.60. The largest absolute Gasteiger partial charge is 0.367 e. The van der Waals surface area contributed by atoms with Gasteiger partial charge in [0.25, 0.3) is 0 Å². The Balaban J connectivity index is 1.89. The second-order valence-electron chi connectivity index (χ2n) is 5.43. The molecule has 0 aliphatic carbocycles. The Hall–Kier alpha value is -1.01. The summed E-state index contributed by atoms with van der Waals surface area (Å²) in [5.74, 6) is 4.24. The van der Waals surface area contributed by atoms with Crippen molar-refractivity contribution in [1.82, 2.24) is 9.97 Å². The predicted molar refractivity (Wildman–Crippen MR) is 94.9 cm³/mol. The van der Waals surface area contributed by atoms with Gasteiger partial charge in [-0.2, -0.15) is 16.7 Å². The van der Waals surface area contributed by atoms with E-state index in [1.807, 2.05) is 11.8 Å². The van der Waals surface area contributed by atoms with Crippen LogP contribution in [0.1, 0.15) is 31.1 Å². The summed E-state index contributed by atoms with van der Waals surface area (Å²) < 4.78 is 0. The van der Waals surface area contributed by atoms with E-state index in [1.54, 1.807) is 11.3 Å². The molecule has 2 N–H and O–H groups in total. The smallest absolute Gasteiger partial charge is 0.226 e. The van der Waals surface area contributed by atoms with Gasteiger partial charge in [0, 0.05) is 17.5 Å². The first-order valence-electron chi connectivity index (χ1n) is 7.62. The number of rotatable bonds is 5. The second kappa shape index (κ2) is 6.83. The lowest BCUT2D eigenvalue weighted by molar-refractivity contribution is 0.664. The SMILES string of the molecule is CCCNc1nc(NC2CCSCC2)c2cc(C)sc2n1. The molecule has 4 nitrogen and oxygen atoms in total. The summed E-state index contributed by atoms with van der Waals surface area (Å²) in [6.45, 7) is 5.20. The Kier molecular flexibility index (Phi) is 4.85. The number of fused-ring (bicyclic) bond motifs is 1. The molecule has 21 heavy (non-hydrogen) atoms. The Bertz CT molecular complexity index is 605. The maximum absolute atomic E-state index is 4.71. The van der Waals surface area contributed by atoms with E-state index < -0.39 is 0 Å². The van der Waals surface area contributed by atoms with Crippen LogP contribution in [-0.2, 0) is 0 Å². The van der Waals surface area contributed by atoms with Gasteiger partial charge in [-0.1, -0.05) is 6.92 Å². The summed E-state index contributed by atoms with van der Waals surface area (Å²) in [5.41, 5.74) is 0. The fourth-order valence-corrected chi connectivity index (χ4v) is 4.49. The molecular weight excluding hydrogens is 300 g/mol. The average Bonchev–Trinajstić information content (AvgIpc) is 2.87. The Morgan fingerprint density at radius 3 is 2.86 bits per heavy atom. The number of nitrogens with zero attached hydrogens (tertiary/aromatic N) is 2. The van der Waals surface area contributed by atoms with Gasteiger partial charge in [0.1, 0.15) is 10.6 Å². The fourth-order valence-electron chi connectivity index (χ4n) is 2.50. The van der Waals surface area contributed by atoms with Crippen LogP contribution in [0, 0.1) is 6.92 Å². The zero-order chi connectivity index (χ0) is 14.7. The minimum Gasteiger partial charge on any atom is -0.367 e. The number of aromatic nitrogens is 2. The normalized spacial score (nSPS) is 16.3. The molecule has 6 heteroatoms. The van der Waals surface area contributed by atoms with Crippen molar-refractivity contribution >= 4 is 45.1 Å². The van der Waals surface area contributed by atoms with Crippen molar-refractivity contribution in [1.29, 1.82) is 0 Å². The number of hydrogen-bond acceptors (Lipinski definition) is 6. The molecule has 1 saturated heterocycles. The molecular formula is C15H22N4S2. The van der Waals surface area contributed by atoms with Crippen LogP contribution in [0.15, 0.2) is 6.07 Å². The summed E-state index contributed by atoms with van der Waals surface area (Å²) in [6, 6.07) is 2.74. The summed E-state index contributed by atoms with van der Waals surface area (Å²) in [7, 11) is 0. The average molecular weight is 323 g/mol. The van der Waals surface area contributed by atoms with E-state index in [2.05, 4.69) is 35.5 Å². The van der Waals surface area contributed by atoms with E-state index in [1.165, 1.54) is 29.2 Å². The molecule has 0 spiro atoms. The van der Waals surface area contributed by atoms with Gasteiger partial charge in [0.15, 0.2) is 0 Å². The summed E-state index contributed by atoms with van der Waals surface area (Å²) >= 11 is 3.79. The van der Waals surface area contributed by atoms with Gasteiger partial charge in [0.2, 0.25) is 5.95 Å². The van der Waals surface area contributed by atoms with Crippen molar-refractivity contribution in [3.05, 3.63) is 10.9 Å². The summed E-state index contributed by atoms with van der Waals surface area (Å²) in [4.78, 5) is 11.7. The van der Waals surface area contributed by atoms with E-state index in [0.29, 0.717) is 6.04 Å². The fraction of sp³-hybridized carbons (Fsp3) is 0.600. The molecule has 3 rings (SSSR count). The van der Waals surface area contributed by atoms with Crippen LogP contribution >= 0.6 is 23.1 Å². The molecule has 114 valence electrons. The van der Waals surface area contributed by atoms with Crippen molar-refractivity contribution in [2.24, 2.45) is 0 Å². The standard InChI is InChI=1S/C15H22N4S2/c1-3-6-16-15-18-13(17-11-4-7-20-8-5-11)12-9-10(2)21-14(12)19-15/h9,11H,3-8H2,1-2H3,(H2,16,17,18,19). The highest BCUT2D eigenvalue weighted by atomic mass is 32.2. The second-order valence-corrected chi connectivity index (χ2v) is 7.89. The number of thioether (sulfide) groups is 1. The number of hydrogen-bond donors (Lipinski definition) is 2. The molecule has 2 aromatic rings. The lowest BCUT2D eigenvalue weighted by Crippen LogP contribution is -2.25. The van der Waals surface area contributed by atoms with E-state index in [9.17, 15) is 0 Å². The van der Waals surface area contributed by atoms with Crippen LogP contribution in [0.3, 0.4) is 0 Å². The lowest BCUT2D eigenvalue weighted by atomic mass is 10.1. The highest BCUT2D eigenvalue weighted by Crippen LogP contribution is 2.31. The molecule has 0 radical (unpaired) electrons. The summed E-state index contributed by atoms with van der Waals surface area (Å²) in [5, 5.41) is 8.13. The predicted octanol–water partition coefficient (Wildman–Crippen LogP) is 4.13. The Morgan fingerprint density at radius 1 is 1.29 bits per heavy atom. The molecule has 0 amide bonds. The number of anilines is 2. The van der Waals surface area contributed by atoms with Crippen molar-refractivity contribution in [3.8, 4) is 0 Å². The van der Waals surface area contributed by atoms with Crippen LogP contribution in [-0.4, -0.2) is 34.1 Å². The third kappa shape index (κ3) is 3.61. The van der Waals surface area contributed by atoms with Crippen LogP contribution in [0.2, 0.25) is 0 Å². The summed E-state index contributed by atoms with van der Waals surface area (Å²) in [6.07, 6.45) is 3.52. The van der Waals surface area contributed by atoms with E-state index in [0.717, 1.165) is 34.9 Å². The molecule has 0 saturated carbocycles. The lowest BCUT2D eigenvalue weighted by Gasteiger charge is -2.23. The zero-order valence-corrected chi connectivity index (χ0v) is 14.2. The third-order valence-electron chi connectivity index (χ3n) is 3.61. The van der Waals surface area contributed by atoms with Gasteiger partial charge in [-0.3, -0.25) is 0 Å². The van der Waals surface area contributed by atoms with Crippen LogP contribution in [0.5, 0.6) is 0 Å². The first kappa shape index (κ1) is 14.9. The highest BCUT2D eigenvalue weighted by molar-refractivity contribution is 7.99. The van der Waals surface area contributed by atoms with Gasteiger partial charge >= 0.3 is 0 Å². The maximum Gasteiger partial charge on any atom is 0.226 e. The van der Waals surface area contributed by atoms with E-state index in [4.69, 9.17) is 4.98 Å². The molecule has 0 bridgehead atoms. The van der Waals surface area contributed by atoms with Gasteiger partial charge in [-0.05, 0) is 43.8 Å². The minimum atomic E-state index is 0.545. The Labute approximate surface area is 134 Å². The molecule has 0 unspecified atom stereocenters. The van der Waals surface area contributed by atoms with Gasteiger partial charge < -0.3 is 10.6 Å². The van der Waals surface area contributed by atoms with E-state index in [-0.39, 0.29) is 0 Å². The molecule has 3 heterocycles. The molecule has 0 aromatic carbocycles. The first-order chi connectivity index (χ1) is 10.3. The van der Waals surface area contributed by atoms with Gasteiger partial charge in [0.05, 0.1) is 5.39 Å². The van der Waals surface area contributed by atoms with Gasteiger partial charge in [-0.15, -0.1) is 11.3 Å². The first-order valence-corrected chi connectivity index (χ1v) is 9.59. The molecule has 2 aromatic heterocycles. The molecule has 1 fully saturated rings. The van der Waals surface area contributed by atoms with Crippen LogP contribution < -0.4 is 10.6 Å². The quantitative estimate of drug-likeness (QED) is 0.867. The molecule has 1 aliphatic rings. The number of thiophene rings is 1. The van der Waals surface area contributed by atoms with Crippen LogP contribution in [0.4, 0.5) is 11.8 Å². The monoisotopic (exact) mass is 322 g/mol. The minimum absolute atomic E-state index is 0.545. The zero-order valence-electron chi connectivity index (χ0n) is 12.6. The van der Waals surface area contributed by atoms with Crippen molar-refractivity contribution < 1.29 is 0 Å². The highest BCUT2D eigenvalue weighted by Gasteiger charge is 2.17. The van der Waals surface area contributed by atoms with Crippen molar-refractivity contribution in [2.75, 3.05) is 28.7 Å². The number of aryl methyl sites for hydroxylation is 1. The number of nitrogens with one attached hydrogen (secondary N) is 2.